The zero-order valence-electron chi connectivity index (χ0n) is 17.4. The molecule has 0 saturated heterocycles. The molecule has 0 bridgehead atoms. The van der Waals surface area contributed by atoms with Crippen molar-refractivity contribution >= 4 is 27.5 Å². The van der Waals surface area contributed by atoms with Crippen LogP contribution in [0.3, 0.4) is 0 Å². The minimum absolute atomic E-state index is 0.0329. The number of hydrogen-bond donors (Lipinski definition) is 3. The van der Waals surface area contributed by atoms with Crippen molar-refractivity contribution in [2.75, 3.05) is 11.9 Å². The molecular weight excluding hydrogens is 406 g/mol. The Morgan fingerprint density at radius 1 is 1.10 bits per heavy atom. The molecule has 2 rings (SSSR count). The van der Waals surface area contributed by atoms with Crippen molar-refractivity contribution in [3.8, 4) is 5.75 Å². The van der Waals surface area contributed by atoms with Gasteiger partial charge in [0.1, 0.15) is 5.75 Å². The van der Waals surface area contributed by atoms with Gasteiger partial charge in [0.2, 0.25) is 15.9 Å². The lowest BCUT2D eigenvalue weighted by molar-refractivity contribution is -0.118. The topological polar surface area (TPSA) is 128 Å². The van der Waals surface area contributed by atoms with E-state index < -0.39 is 22.0 Å². The number of amides is 2. The van der Waals surface area contributed by atoms with Gasteiger partial charge in [-0.2, -0.15) is 0 Å². The van der Waals surface area contributed by atoms with E-state index in [0.29, 0.717) is 23.6 Å². The van der Waals surface area contributed by atoms with Gasteiger partial charge in [-0.25, -0.2) is 13.6 Å². The first-order valence-corrected chi connectivity index (χ1v) is 11.1. The zero-order valence-corrected chi connectivity index (χ0v) is 18.2. The lowest BCUT2D eigenvalue weighted by Gasteiger charge is -2.18. The number of hydrogen-bond acceptors (Lipinski definition) is 5. The number of anilines is 1. The third-order valence-corrected chi connectivity index (χ3v) is 5.26. The van der Waals surface area contributed by atoms with Crippen LogP contribution >= 0.6 is 0 Å². The van der Waals surface area contributed by atoms with E-state index in [4.69, 9.17) is 9.88 Å². The minimum Gasteiger partial charge on any atom is -0.493 e. The molecule has 2 aromatic carbocycles. The maximum atomic E-state index is 12.9. The Balaban J connectivity index is 2.29. The lowest BCUT2D eigenvalue weighted by Crippen LogP contribution is -2.27. The van der Waals surface area contributed by atoms with Gasteiger partial charge >= 0.3 is 0 Å². The van der Waals surface area contributed by atoms with Gasteiger partial charge in [0.05, 0.1) is 23.1 Å². The highest BCUT2D eigenvalue weighted by molar-refractivity contribution is 7.89. The number of benzene rings is 2. The summed E-state index contributed by atoms with van der Waals surface area (Å²) < 4.78 is 28.7. The Morgan fingerprint density at radius 3 is 2.40 bits per heavy atom. The number of ether oxygens (including phenoxy) is 1. The average Bonchev–Trinajstić information content (AvgIpc) is 2.68. The van der Waals surface area contributed by atoms with Gasteiger partial charge in [-0.3, -0.25) is 9.59 Å². The Hall–Kier alpha value is -2.91. The van der Waals surface area contributed by atoms with Crippen LogP contribution in [-0.2, 0) is 14.8 Å². The zero-order chi connectivity index (χ0) is 22.5. The number of primary sulfonamides is 1. The van der Waals surface area contributed by atoms with E-state index in [9.17, 15) is 18.0 Å². The fraction of sp³-hybridized carbons (Fsp3) is 0.333. The van der Waals surface area contributed by atoms with Crippen LogP contribution in [0.1, 0.15) is 49.7 Å². The molecule has 2 amide bonds. The van der Waals surface area contributed by atoms with Crippen molar-refractivity contribution in [1.29, 1.82) is 0 Å². The van der Waals surface area contributed by atoms with Gasteiger partial charge in [-0.05, 0) is 49.7 Å². The number of nitrogens with one attached hydrogen (secondary N) is 2. The van der Waals surface area contributed by atoms with Gasteiger partial charge in [0, 0.05) is 11.6 Å². The first kappa shape index (κ1) is 23.4. The highest BCUT2D eigenvalue weighted by atomic mass is 32.2. The average molecular weight is 434 g/mol. The van der Waals surface area contributed by atoms with Crippen LogP contribution in [-0.4, -0.2) is 26.8 Å². The molecule has 0 aliphatic carbocycles. The molecule has 9 heteroatoms. The second-order valence-corrected chi connectivity index (χ2v) is 8.66. The Labute approximate surface area is 176 Å². The van der Waals surface area contributed by atoms with E-state index >= 15 is 0 Å². The molecule has 30 heavy (non-hydrogen) atoms. The normalized spacial score (nSPS) is 12.3. The number of carbonyl (C=O) groups excluding carboxylic acids is 2. The summed E-state index contributed by atoms with van der Waals surface area (Å²) in [6.45, 7) is 7.44. The number of carbonyl (C=O) groups is 2. The molecule has 0 aromatic heterocycles. The van der Waals surface area contributed by atoms with E-state index in [1.165, 1.54) is 12.1 Å². The summed E-state index contributed by atoms with van der Waals surface area (Å²) in [4.78, 5) is 24.9. The highest BCUT2D eigenvalue weighted by Gasteiger charge is 2.19. The van der Waals surface area contributed by atoms with Crippen molar-refractivity contribution in [1.82, 2.24) is 5.32 Å². The van der Waals surface area contributed by atoms with Crippen molar-refractivity contribution in [2.24, 2.45) is 11.1 Å². The Bertz CT molecular complexity index is 1030. The molecule has 1 atom stereocenters. The van der Waals surface area contributed by atoms with E-state index in [2.05, 4.69) is 10.6 Å². The smallest absolute Gasteiger partial charge is 0.255 e. The predicted molar refractivity (Wildman–Crippen MR) is 115 cm³/mol. The van der Waals surface area contributed by atoms with Crippen molar-refractivity contribution < 1.29 is 22.7 Å². The SMILES string of the molecule is CCOc1ccc(NC(=O)C(C)C)cc1C(=O)NC(C)c1cccc(S(N)(=O)=O)c1. The Morgan fingerprint density at radius 2 is 1.80 bits per heavy atom. The molecule has 162 valence electrons. The van der Waals surface area contributed by atoms with E-state index in [-0.39, 0.29) is 22.3 Å². The maximum Gasteiger partial charge on any atom is 0.255 e. The summed E-state index contributed by atoms with van der Waals surface area (Å²) in [5.41, 5.74) is 1.32. The summed E-state index contributed by atoms with van der Waals surface area (Å²) in [5.74, 6) is -0.422. The van der Waals surface area contributed by atoms with Crippen LogP contribution in [0.4, 0.5) is 5.69 Å². The van der Waals surface area contributed by atoms with Crippen LogP contribution in [0.5, 0.6) is 5.75 Å². The molecule has 8 nitrogen and oxygen atoms in total. The van der Waals surface area contributed by atoms with Crippen LogP contribution in [0, 0.1) is 5.92 Å². The Kier molecular flexibility index (Phi) is 7.58. The summed E-state index contributed by atoms with van der Waals surface area (Å²) in [7, 11) is -3.85. The fourth-order valence-corrected chi connectivity index (χ4v) is 3.24. The second-order valence-electron chi connectivity index (χ2n) is 7.10. The van der Waals surface area contributed by atoms with E-state index in [1.807, 2.05) is 0 Å². The summed E-state index contributed by atoms with van der Waals surface area (Å²) in [6, 6.07) is 10.4. The van der Waals surface area contributed by atoms with Crippen LogP contribution in [0.15, 0.2) is 47.4 Å². The van der Waals surface area contributed by atoms with Gasteiger partial charge < -0.3 is 15.4 Å². The first-order chi connectivity index (χ1) is 14.0. The fourth-order valence-electron chi connectivity index (χ4n) is 2.67. The number of rotatable bonds is 8. The first-order valence-electron chi connectivity index (χ1n) is 9.54. The van der Waals surface area contributed by atoms with E-state index in [0.717, 1.165) is 0 Å². The molecule has 0 radical (unpaired) electrons. The third-order valence-electron chi connectivity index (χ3n) is 4.35. The summed E-state index contributed by atoms with van der Waals surface area (Å²) in [6.07, 6.45) is 0. The molecule has 0 spiro atoms. The largest absolute Gasteiger partial charge is 0.493 e. The molecule has 0 heterocycles. The minimum atomic E-state index is -3.85. The van der Waals surface area contributed by atoms with Crippen LogP contribution < -0.4 is 20.5 Å². The van der Waals surface area contributed by atoms with Gasteiger partial charge in [0.25, 0.3) is 5.91 Å². The molecule has 1 unspecified atom stereocenters. The van der Waals surface area contributed by atoms with Crippen LogP contribution in [0.25, 0.3) is 0 Å². The van der Waals surface area contributed by atoms with Gasteiger partial charge in [-0.15, -0.1) is 0 Å². The molecule has 0 aliphatic heterocycles. The second kappa shape index (κ2) is 9.73. The molecule has 4 N–H and O–H groups in total. The number of nitrogens with two attached hydrogens (primary N) is 1. The monoisotopic (exact) mass is 433 g/mol. The van der Waals surface area contributed by atoms with Crippen LogP contribution in [0.2, 0.25) is 0 Å². The van der Waals surface area contributed by atoms with E-state index in [1.54, 1.807) is 58.0 Å². The maximum absolute atomic E-state index is 12.9. The summed E-state index contributed by atoms with van der Waals surface area (Å²) >= 11 is 0. The molecule has 0 aliphatic rings. The van der Waals surface area contributed by atoms with Gasteiger partial charge in [-0.1, -0.05) is 26.0 Å². The van der Waals surface area contributed by atoms with Crippen molar-refractivity contribution in [3.05, 3.63) is 53.6 Å². The standard InChI is InChI=1S/C21H27N3O5S/c1-5-29-19-10-9-16(24-20(25)13(2)3)12-18(19)21(26)23-14(4)15-7-6-8-17(11-15)30(22,27)28/h6-14H,5H2,1-4H3,(H,23,26)(H,24,25)(H2,22,27,28). The molecule has 2 aromatic rings. The third kappa shape index (κ3) is 6.04. The quantitative estimate of drug-likeness (QED) is 0.590. The number of sulfonamides is 1. The van der Waals surface area contributed by atoms with Gasteiger partial charge in [0.15, 0.2) is 0 Å². The molecular formula is C21H27N3O5S. The highest BCUT2D eigenvalue weighted by Crippen LogP contribution is 2.25. The van der Waals surface area contributed by atoms with Crippen molar-refractivity contribution in [3.63, 3.8) is 0 Å². The lowest BCUT2D eigenvalue weighted by atomic mass is 10.1. The molecule has 0 saturated carbocycles. The molecule has 0 fully saturated rings. The summed E-state index contributed by atoms with van der Waals surface area (Å²) in [5, 5.41) is 10.8. The predicted octanol–water partition coefficient (Wildman–Crippen LogP) is 2.82. The van der Waals surface area contributed by atoms with Crippen molar-refractivity contribution in [2.45, 2.75) is 38.6 Å².